The number of nitrogens with one attached hydrogen (secondary N) is 1. The zero-order valence-corrected chi connectivity index (χ0v) is 11.6. The van der Waals surface area contributed by atoms with Crippen molar-refractivity contribution in [2.75, 3.05) is 23.3 Å². The van der Waals surface area contributed by atoms with Crippen LogP contribution < -0.4 is 10.2 Å². The van der Waals surface area contributed by atoms with Crippen molar-refractivity contribution in [2.24, 2.45) is 11.3 Å². The predicted octanol–water partition coefficient (Wildman–Crippen LogP) is 2.67. The average Bonchev–Trinajstić information content (AvgIpc) is 2.81. The summed E-state index contributed by atoms with van der Waals surface area (Å²) in [5.41, 5.74) is 1.32. The quantitative estimate of drug-likeness (QED) is 0.907. The summed E-state index contributed by atoms with van der Waals surface area (Å²) in [6.07, 6.45) is 5.36. The molecule has 1 aromatic rings. The number of carbonyl (C=O) groups excluding carboxylic acids is 1. The fourth-order valence-electron chi connectivity index (χ4n) is 2.75. The smallest absolute Gasteiger partial charge is 0.229 e. The highest BCUT2D eigenvalue weighted by atomic mass is 16.2. The number of pyridine rings is 1. The second kappa shape index (κ2) is 4.51. The number of nitrogens with zero attached hydrogens (tertiary/aromatic N) is 2. The lowest BCUT2D eigenvalue weighted by atomic mass is 10.1. The van der Waals surface area contributed by atoms with E-state index in [0.29, 0.717) is 5.82 Å². The fourth-order valence-corrected chi connectivity index (χ4v) is 2.75. The summed E-state index contributed by atoms with van der Waals surface area (Å²) in [6, 6.07) is 3.95. The summed E-state index contributed by atoms with van der Waals surface area (Å²) >= 11 is 0. The number of carbonyl (C=O) groups is 1. The van der Waals surface area contributed by atoms with Crippen molar-refractivity contribution in [3.63, 3.8) is 0 Å². The number of amides is 1. The van der Waals surface area contributed by atoms with Gasteiger partial charge in [0, 0.05) is 19.0 Å². The number of hydrogen-bond donors (Lipinski definition) is 1. The first-order valence-corrected chi connectivity index (χ1v) is 7.08. The Hall–Kier alpha value is -1.58. The van der Waals surface area contributed by atoms with E-state index in [9.17, 15) is 4.79 Å². The summed E-state index contributed by atoms with van der Waals surface area (Å²) in [5, 5.41) is 2.91. The maximum absolute atomic E-state index is 12.0. The van der Waals surface area contributed by atoms with Gasteiger partial charge in [0.05, 0.1) is 11.9 Å². The van der Waals surface area contributed by atoms with Crippen molar-refractivity contribution in [2.45, 2.75) is 33.1 Å². The van der Waals surface area contributed by atoms with Crippen LogP contribution >= 0.6 is 0 Å². The van der Waals surface area contributed by atoms with Crippen LogP contribution in [0.5, 0.6) is 0 Å². The molecule has 1 aliphatic carbocycles. The first-order valence-electron chi connectivity index (χ1n) is 7.08. The second-order valence-corrected chi connectivity index (χ2v) is 6.33. The van der Waals surface area contributed by atoms with Crippen molar-refractivity contribution < 1.29 is 4.79 Å². The van der Waals surface area contributed by atoms with Gasteiger partial charge < -0.3 is 10.2 Å². The number of rotatable bonds is 3. The number of hydrogen-bond acceptors (Lipinski definition) is 3. The Kier molecular flexibility index (Phi) is 2.96. The molecule has 4 heteroatoms. The maximum Gasteiger partial charge on any atom is 0.229 e. The average molecular weight is 259 g/mol. The van der Waals surface area contributed by atoms with Gasteiger partial charge in [0.25, 0.3) is 0 Å². The molecule has 1 aromatic heterocycles. The molecule has 1 atom stereocenters. The Morgan fingerprint density at radius 3 is 2.58 bits per heavy atom. The van der Waals surface area contributed by atoms with Gasteiger partial charge >= 0.3 is 0 Å². The second-order valence-electron chi connectivity index (χ2n) is 6.33. The zero-order valence-electron chi connectivity index (χ0n) is 11.6. The molecule has 2 fully saturated rings. The van der Waals surface area contributed by atoms with Crippen molar-refractivity contribution in [1.82, 2.24) is 4.98 Å². The lowest BCUT2D eigenvalue weighted by Gasteiger charge is -2.17. The summed E-state index contributed by atoms with van der Waals surface area (Å²) in [6.45, 7) is 6.48. The summed E-state index contributed by atoms with van der Waals surface area (Å²) in [7, 11) is 0. The third-order valence-corrected chi connectivity index (χ3v) is 4.30. The Balaban J connectivity index is 1.61. The van der Waals surface area contributed by atoms with Gasteiger partial charge in [0.1, 0.15) is 5.82 Å². The van der Waals surface area contributed by atoms with Crippen LogP contribution in [0.15, 0.2) is 18.3 Å². The van der Waals surface area contributed by atoms with Gasteiger partial charge in [-0.15, -0.1) is 0 Å². The molecule has 1 N–H and O–H groups in total. The van der Waals surface area contributed by atoms with E-state index in [1.807, 2.05) is 18.3 Å². The highest BCUT2D eigenvalue weighted by molar-refractivity contribution is 5.94. The van der Waals surface area contributed by atoms with Gasteiger partial charge in [-0.25, -0.2) is 4.98 Å². The molecule has 2 aliphatic rings. The molecule has 1 aliphatic heterocycles. The van der Waals surface area contributed by atoms with E-state index in [-0.39, 0.29) is 17.2 Å². The van der Waals surface area contributed by atoms with Gasteiger partial charge in [0.2, 0.25) is 5.91 Å². The van der Waals surface area contributed by atoms with Gasteiger partial charge in [-0.3, -0.25) is 4.79 Å². The van der Waals surface area contributed by atoms with Crippen LogP contribution in [0.3, 0.4) is 0 Å². The van der Waals surface area contributed by atoms with Gasteiger partial charge in [-0.05, 0) is 36.8 Å². The number of aromatic nitrogens is 1. The van der Waals surface area contributed by atoms with Crippen molar-refractivity contribution >= 4 is 17.4 Å². The van der Waals surface area contributed by atoms with Crippen molar-refractivity contribution in [3.05, 3.63) is 18.3 Å². The topological polar surface area (TPSA) is 45.2 Å². The standard InChI is InChI=1S/C15H21N3O/c1-15(2)9-12(15)14(19)17-13-6-5-11(10-16-13)18-7-3-4-8-18/h5-6,10,12H,3-4,7-9H2,1-2H3,(H,16,17,19). The van der Waals surface area contributed by atoms with E-state index >= 15 is 0 Å². The molecule has 1 unspecified atom stereocenters. The monoisotopic (exact) mass is 259 g/mol. The van der Waals surface area contributed by atoms with E-state index in [1.54, 1.807) is 0 Å². The van der Waals surface area contributed by atoms with Crippen LogP contribution in [-0.4, -0.2) is 24.0 Å². The van der Waals surface area contributed by atoms with Crippen LogP contribution in [0.1, 0.15) is 33.1 Å². The molecule has 0 spiro atoms. The van der Waals surface area contributed by atoms with Gasteiger partial charge in [-0.1, -0.05) is 13.8 Å². The molecule has 3 rings (SSSR count). The van der Waals surface area contributed by atoms with Crippen LogP contribution in [0.4, 0.5) is 11.5 Å². The zero-order chi connectivity index (χ0) is 13.5. The molecule has 102 valence electrons. The molecule has 19 heavy (non-hydrogen) atoms. The van der Waals surface area contributed by atoms with E-state index in [1.165, 1.54) is 12.8 Å². The van der Waals surface area contributed by atoms with Crippen LogP contribution in [0.25, 0.3) is 0 Å². The third kappa shape index (κ3) is 2.57. The largest absolute Gasteiger partial charge is 0.370 e. The highest BCUT2D eigenvalue weighted by Crippen LogP contribution is 2.51. The van der Waals surface area contributed by atoms with E-state index in [2.05, 4.69) is 29.0 Å². The first-order chi connectivity index (χ1) is 9.06. The molecular formula is C15H21N3O. The van der Waals surface area contributed by atoms with Crippen molar-refractivity contribution in [1.29, 1.82) is 0 Å². The molecule has 1 saturated carbocycles. The maximum atomic E-state index is 12.0. The minimum Gasteiger partial charge on any atom is -0.370 e. The lowest BCUT2D eigenvalue weighted by Crippen LogP contribution is -2.19. The number of anilines is 2. The van der Waals surface area contributed by atoms with E-state index in [4.69, 9.17) is 0 Å². The molecule has 4 nitrogen and oxygen atoms in total. The minimum atomic E-state index is 0.103. The Morgan fingerprint density at radius 1 is 1.37 bits per heavy atom. The van der Waals surface area contributed by atoms with E-state index in [0.717, 1.165) is 25.2 Å². The molecule has 0 bridgehead atoms. The predicted molar refractivity (Wildman–Crippen MR) is 76.2 cm³/mol. The van der Waals surface area contributed by atoms with Crippen LogP contribution in [0.2, 0.25) is 0 Å². The minimum absolute atomic E-state index is 0.103. The van der Waals surface area contributed by atoms with Crippen LogP contribution in [-0.2, 0) is 4.79 Å². The lowest BCUT2D eigenvalue weighted by molar-refractivity contribution is -0.118. The van der Waals surface area contributed by atoms with Gasteiger partial charge in [-0.2, -0.15) is 0 Å². The highest BCUT2D eigenvalue weighted by Gasteiger charge is 2.50. The summed E-state index contributed by atoms with van der Waals surface area (Å²) < 4.78 is 0. The normalized spacial score (nSPS) is 24.3. The van der Waals surface area contributed by atoms with Gasteiger partial charge in [0.15, 0.2) is 0 Å². The Morgan fingerprint density at radius 2 is 2.05 bits per heavy atom. The molecule has 2 heterocycles. The molecule has 0 aromatic carbocycles. The van der Waals surface area contributed by atoms with E-state index < -0.39 is 0 Å². The Bertz CT molecular complexity index is 475. The van der Waals surface area contributed by atoms with Crippen molar-refractivity contribution in [3.8, 4) is 0 Å². The fraction of sp³-hybridized carbons (Fsp3) is 0.600. The summed E-state index contributed by atoms with van der Waals surface area (Å²) in [4.78, 5) is 18.7. The molecule has 1 amide bonds. The third-order valence-electron chi connectivity index (χ3n) is 4.30. The summed E-state index contributed by atoms with van der Waals surface area (Å²) in [5.74, 6) is 0.912. The first kappa shape index (κ1) is 12.5. The molecule has 0 radical (unpaired) electrons. The van der Waals surface area contributed by atoms with Crippen LogP contribution in [0, 0.1) is 11.3 Å². The molecular weight excluding hydrogens is 238 g/mol. The molecule has 1 saturated heterocycles. The SMILES string of the molecule is CC1(C)CC1C(=O)Nc1ccc(N2CCCC2)cn1. The Labute approximate surface area is 114 Å².